The van der Waals surface area contributed by atoms with Gasteiger partial charge in [-0.15, -0.1) is 13.2 Å². The molecule has 1 aromatic heterocycles. The highest BCUT2D eigenvalue weighted by molar-refractivity contribution is 7.22. The second kappa shape index (κ2) is 10.5. The minimum Gasteiger partial charge on any atom is -0.406 e. The lowest BCUT2D eigenvalue weighted by Crippen LogP contribution is -2.48. The SMILES string of the molecule is NCC1(C(=O)N2CCCC2)CCCCC1.O=CNc1nc2ccc(OC(F)(F)F)cc2s1. The van der Waals surface area contributed by atoms with Crippen LogP contribution in [-0.2, 0) is 9.59 Å². The minimum atomic E-state index is -4.72. The number of carbonyl (C=O) groups is 2. The summed E-state index contributed by atoms with van der Waals surface area (Å²) in [6.45, 7) is 2.46. The van der Waals surface area contributed by atoms with Gasteiger partial charge in [0.25, 0.3) is 0 Å². The first-order valence-electron chi connectivity index (χ1n) is 10.6. The summed E-state index contributed by atoms with van der Waals surface area (Å²) in [5.74, 6) is 0.0357. The standard InChI is InChI=1S/C12H22N2O.C9H5F3N2O2S/c13-10-12(6-2-1-3-7-12)11(15)14-8-4-5-9-14;10-9(11,12)16-5-1-2-6-7(3-5)17-8(14-6)13-4-15/h1-10,13H2;1-4H,(H,13,14,15). The van der Waals surface area contributed by atoms with E-state index < -0.39 is 6.36 Å². The summed E-state index contributed by atoms with van der Waals surface area (Å²) in [7, 11) is 0. The first-order valence-corrected chi connectivity index (χ1v) is 11.4. The third-order valence-electron chi connectivity index (χ3n) is 5.82. The lowest BCUT2D eigenvalue weighted by Gasteiger charge is -2.37. The summed E-state index contributed by atoms with van der Waals surface area (Å²) < 4.78 is 40.2. The third kappa shape index (κ3) is 6.10. The van der Waals surface area contributed by atoms with E-state index in [0.29, 0.717) is 34.2 Å². The van der Waals surface area contributed by atoms with E-state index in [1.54, 1.807) is 0 Å². The van der Waals surface area contributed by atoms with Crippen LogP contribution in [0.1, 0.15) is 44.9 Å². The molecule has 1 saturated carbocycles. The Morgan fingerprint density at radius 1 is 1.22 bits per heavy atom. The molecule has 2 aromatic rings. The molecule has 0 bridgehead atoms. The van der Waals surface area contributed by atoms with Crippen LogP contribution >= 0.6 is 11.3 Å². The number of alkyl halides is 3. The molecule has 7 nitrogen and oxygen atoms in total. The molecular weight excluding hydrogens is 445 g/mol. The summed E-state index contributed by atoms with van der Waals surface area (Å²) in [6.07, 6.45) is 3.73. The zero-order valence-corrected chi connectivity index (χ0v) is 18.4. The van der Waals surface area contributed by atoms with E-state index in [4.69, 9.17) is 5.73 Å². The summed E-state index contributed by atoms with van der Waals surface area (Å²) >= 11 is 1.06. The number of hydrogen-bond donors (Lipinski definition) is 2. The van der Waals surface area contributed by atoms with E-state index in [-0.39, 0.29) is 11.2 Å². The van der Waals surface area contributed by atoms with Gasteiger partial charge in [0.2, 0.25) is 12.3 Å². The van der Waals surface area contributed by atoms with Gasteiger partial charge in [-0.25, -0.2) is 4.98 Å². The molecule has 11 heteroatoms. The van der Waals surface area contributed by atoms with Crippen LogP contribution in [0, 0.1) is 5.41 Å². The average Bonchev–Trinajstić information content (AvgIpc) is 3.43. The molecule has 1 aromatic carbocycles. The number of nitrogens with two attached hydrogens (primary N) is 1. The number of amides is 2. The first kappa shape index (κ1) is 24.2. The van der Waals surface area contributed by atoms with Crippen molar-refractivity contribution in [3.05, 3.63) is 18.2 Å². The van der Waals surface area contributed by atoms with Crippen molar-refractivity contribution in [1.29, 1.82) is 0 Å². The zero-order chi connectivity index (χ0) is 23.2. The summed E-state index contributed by atoms with van der Waals surface area (Å²) in [4.78, 5) is 28.6. The quantitative estimate of drug-likeness (QED) is 0.633. The van der Waals surface area contributed by atoms with Gasteiger partial charge in [0, 0.05) is 25.7 Å². The smallest absolute Gasteiger partial charge is 0.406 e. The van der Waals surface area contributed by atoms with Gasteiger partial charge in [-0.3, -0.25) is 9.59 Å². The number of nitrogens with one attached hydrogen (secondary N) is 1. The summed E-state index contributed by atoms with van der Waals surface area (Å²) in [5.41, 5.74) is 6.16. The van der Waals surface area contributed by atoms with Gasteiger partial charge < -0.3 is 20.7 Å². The number of nitrogens with zero attached hydrogens (tertiary/aromatic N) is 2. The van der Waals surface area contributed by atoms with E-state index in [2.05, 4.69) is 15.0 Å². The van der Waals surface area contributed by atoms with Crippen molar-refractivity contribution >= 4 is 39.0 Å². The Balaban J connectivity index is 0.000000182. The fourth-order valence-corrected chi connectivity index (χ4v) is 5.06. The Morgan fingerprint density at radius 3 is 2.50 bits per heavy atom. The molecule has 1 aliphatic heterocycles. The van der Waals surface area contributed by atoms with Crippen LogP contribution < -0.4 is 15.8 Å². The molecule has 0 unspecified atom stereocenters. The monoisotopic (exact) mass is 472 g/mol. The van der Waals surface area contributed by atoms with Gasteiger partial charge in [0.1, 0.15) is 5.75 Å². The molecule has 0 radical (unpaired) electrons. The van der Waals surface area contributed by atoms with Crippen LogP contribution in [0.2, 0.25) is 0 Å². The zero-order valence-electron chi connectivity index (χ0n) is 17.6. The number of benzene rings is 1. The molecule has 32 heavy (non-hydrogen) atoms. The van der Waals surface area contributed by atoms with Crippen molar-refractivity contribution in [3.63, 3.8) is 0 Å². The number of aromatic nitrogens is 1. The number of ether oxygens (including phenoxy) is 1. The molecule has 2 fully saturated rings. The van der Waals surface area contributed by atoms with Gasteiger partial charge in [0.15, 0.2) is 5.13 Å². The highest BCUT2D eigenvalue weighted by Crippen LogP contribution is 2.37. The van der Waals surface area contributed by atoms with Crippen LogP contribution in [0.5, 0.6) is 5.75 Å². The van der Waals surface area contributed by atoms with Crippen molar-refractivity contribution in [1.82, 2.24) is 9.88 Å². The van der Waals surface area contributed by atoms with Gasteiger partial charge in [-0.2, -0.15) is 0 Å². The lowest BCUT2D eigenvalue weighted by atomic mass is 9.73. The average molecular weight is 473 g/mol. The van der Waals surface area contributed by atoms with Gasteiger partial charge in [-0.1, -0.05) is 30.6 Å². The van der Waals surface area contributed by atoms with Crippen LogP contribution in [0.25, 0.3) is 10.2 Å². The Kier molecular flexibility index (Phi) is 7.94. The molecule has 1 saturated heterocycles. The molecule has 3 N–H and O–H groups in total. The van der Waals surface area contributed by atoms with Crippen molar-refractivity contribution in [2.24, 2.45) is 11.1 Å². The lowest BCUT2D eigenvalue weighted by molar-refractivity contribution is -0.274. The van der Waals surface area contributed by atoms with Crippen molar-refractivity contribution < 1.29 is 27.5 Å². The molecular formula is C21H27F3N4O3S. The predicted octanol–water partition coefficient (Wildman–Crippen LogP) is 4.28. The van der Waals surface area contributed by atoms with E-state index in [9.17, 15) is 22.8 Å². The third-order valence-corrected chi connectivity index (χ3v) is 6.77. The second-order valence-corrected chi connectivity index (χ2v) is 9.03. The largest absolute Gasteiger partial charge is 0.573 e. The number of thiazole rings is 1. The van der Waals surface area contributed by atoms with Crippen LogP contribution in [-0.4, -0.2) is 48.2 Å². The first-order chi connectivity index (χ1) is 15.3. The maximum Gasteiger partial charge on any atom is 0.573 e. The maximum absolute atomic E-state index is 12.4. The second-order valence-electron chi connectivity index (χ2n) is 8.00. The summed E-state index contributed by atoms with van der Waals surface area (Å²) in [5, 5.41) is 2.65. The number of halogens is 3. The number of likely N-dealkylation sites (tertiary alicyclic amines) is 1. The minimum absolute atomic E-state index is 0.192. The van der Waals surface area contributed by atoms with Crippen LogP contribution in [0.4, 0.5) is 18.3 Å². The molecule has 0 spiro atoms. The molecule has 0 atom stereocenters. The normalized spacial score (nSPS) is 18.1. The van der Waals surface area contributed by atoms with Crippen molar-refractivity contribution in [2.75, 3.05) is 25.0 Å². The Labute approximate surface area is 188 Å². The number of carbonyl (C=O) groups excluding carboxylic acids is 2. The highest BCUT2D eigenvalue weighted by atomic mass is 32.1. The predicted molar refractivity (Wildman–Crippen MR) is 116 cm³/mol. The number of anilines is 1. The van der Waals surface area contributed by atoms with Crippen LogP contribution in [0.15, 0.2) is 18.2 Å². The number of hydrogen-bond acceptors (Lipinski definition) is 6. The number of fused-ring (bicyclic) bond motifs is 1. The van der Waals surface area contributed by atoms with Crippen molar-refractivity contribution in [3.8, 4) is 5.75 Å². The Morgan fingerprint density at radius 2 is 1.91 bits per heavy atom. The van der Waals surface area contributed by atoms with Crippen molar-refractivity contribution in [2.45, 2.75) is 51.3 Å². The van der Waals surface area contributed by atoms with E-state index in [0.717, 1.165) is 37.3 Å². The number of rotatable bonds is 5. The molecule has 1 aliphatic carbocycles. The van der Waals surface area contributed by atoms with Gasteiger partial charge >= 0.3 is 6.36 Å². The van der Waals surface area contributed by atoms with E-state index in [1.165, 1.54) is 50.3 Å². The van der Waals surface area contributed by atoms with E-state index in [1.807, 2.05) is 4.90 Å². The summed E-state index contributed by atoms with van der Waals surface area (Å²) in [6, 6.07) is 3.78. The van der Waals surface area contributed by atoms with Gasteiger partial charge in [0.05, 0.1) is 15.6 Å². The fourth-order valence-electron chi connectivity index (χ4n) is 4.20. The highest BCUT2D eigenvalue weighted by Gasteiger charge is 2.41. The molecule has 2 amide bonds. The molecule has 2 aliphatic rings. The van der Waals surface area contributed by atoms with Crippen LogP contribution in [0.3, 0.4) is 0 Å². The fraction of sp³-hybridized carbons (Fsp3) is 0.571. The molecule has 176 valence electrons. The molecule has 2 heterocycles. The molecule has 4 rings (SSSR count). The topological polar surface area (TPSA) is 97.6 Å². The van der Waals surface area contributed by atoms with Gasteiger partial charge in [-0.05, 0) is 37.8 Å². The maximum atomic E-state index is 12.4. The Hall–Kier alpha value is -2.40. The van der Waals surface area contributed by atoms with E-state index >= 15 is 0 Å². The Bertz CT molecular complexity index is 923.